The Balaban J connectivity index is 1.80. The minimum absolute atomic E-state index is 0.721. The van der Waals surface area contributed by atoms with Gasteiger partial charge in [0.2, 0.25) is 0 Å². The van der Waals surface area contributed by atoms with E-state index in [0.29, 0.717) is 0 Å². The lowest BCUT2D eigenvalue weighted by atomic mass is 10.1. The van der Waals surface area contributed by atoms with Crippen LogP contribution >= 0.6 is 15.9 Å². The number of carbonyl (C=O) groups is 1. The van der Waals surface area contributed by atoms with Crippen LogP contribution in [0.5, 0.6) is 0 Å². The van der Waals surface area contributed by atoms with Gasteiger partial charge in [0.05, 0.1) is 0 Å². The molecule has 24 heavy (non-hydrogen) atoms. The molecule has 0 saturated carbocycles. The summed E-state index contributed by atoms with van der Waals surface area (Å²) in [6.07, 6.45) is 1.88. The molecule has 0 atom stereocenters. The molecule has 118 valence electrons. The first-order valence-electron chi connectivity index (χ1n) is 7.97. The molecule has 3 heteroatoms. The van der Waals surface area contributed by atoms with Gasteiger partial charge in [-0.25, -0.2) is 0 Å². The van der Waals surface area contributed by atoms with Crippen LogP contribution in [0.3, 0.4) is 0 Å². The van der Waals surface area contributed by atoms with E-state index in [1.54, 1.807) is 0 Å². The maximum Gasteiger partial charge on any atom is 0.150 e. The van der Waals surface area contributed by atoms with Crippen molar-refractivity contribution in [2.45, 2.75) is 13.0 Å². The molecule has 0 saturated heterocycles. The van der Waals surface area contributed by atoms with Crippen LogP contribution in [-0.4, -0.2) is 10.9 Å². The zero-order chi connectivity index (χ0) is 16.5. The van der Waals surface area contributed by atoms with Crippen LogP contribution < -0.4 is 0 Å². The van der Waals surface area contributed by atoms with Crippen molar-refractivity contribution in [1.82, 2.24) is 4.57 Å². The van der Waals surface area contributed by atoms with Crippen molar-refractivity contribution in [1.29, 1.82) is 0 Å². The van der Waals surface area contributed by atoms with Crippen LogP contribution in [0.2, 0.25) is 0 Å². The van der Waals surface area contributed by atoms with Gasteiger partial charge in [-0.3, -0.25) is 4.79 Å². The molecule has 0 aliphatic carbocycles. The van der Waals surface area contributed by atoms with Crippen LogP contribution in [0.1, 0.15) is 15.9 Å². The second-order valence-corrected chi connectivity index (χ2v) is 6.86. The SMILES string of the molecule is O=Cc1ccc2c(c1)c1ccccc1n2CCc1ccc(Br)cc1. The number of aromatic nitrogens is 1. The molecule has 4 aromatic rings. The average molecular weight is 378 g/mol. The zero-order valence-corrected chi connectivity index (χ0v) is 14.7. The monoisotopic (exact) mass is 377 g/mol. The molecule has 0 amide bonds. The molecule has 0 fully saturated rings. The molecule has 1 aromatic heterocycles. The summed E-state index contributed by atoms with van der Waals surface area (Å²) >= 11 is 3.48. The van der Waals surface area contributed by atoms with Gasteiger partial charge in [-0.15, -0.1) is 0 Å². The second kappa shape index (κ2) is 6.25. The quantitative estimate of drug-likeness (QED) is 0.423. The Hall–Kier alpha value is -2.39. The van der Waals surface area contributed by atoms with Crippen molar-refractivity contribution in [2.75, 3.05) is 0 Å². The van der Waals surface area contributed by atoms with E-state index in [1.807, 2.05) is 12.1 Å². The predicted molar refractivity (Wildman–Crippen MR) is 103 cm³/mol. The number of rotatable bonds is 4. The van der Waals surface area contributed by atoms with Crippen LogP contribution in [0.25, 0.3) is 21.8 Å². The Kier molecular flexibility index (Phi) is 3.95. The number of halogens is 1. The predicted octanol–water partition coefficient (Wildman–Crippen LogP) is 5.61. The standard InChI is InChI=1S/C21H16BrNO/c22-17-8-5-15(6-9-17)11-12-23-20-4-2-1-3-18(20)19-13-16(14-24)7-10-21(19)23/h1-10,13-14H,11-12H2. The fourth-order valence-electron chi connectivity index (χ4n) is 3.28. The van der Waals surface area contributed by atoms with Gasteiger partial charge in [0.25, 0.3) is 0 Å². The van der Waals surface area contributed by atoms with E-state index < -0.39 is 0 Å². The topological polar surface area (TPSA) is 22.0 Å². The molecule has 0 bridgehead atoms. The largest absolute Gasteiger partial charge is 0.340 e. The van der Waals surface area contributed by atoms with Gasteiger partial charge < -0.3 is 4.57 Å². The first-order chi connectivity index (χ1) is 11.8. The number of carbonyl (C=O) groups excluding carboxylic acids is 1. The molecule has 0 spiro atoms. The summed E-state index contributed by atoms with van der Waals surface area (Å²) < 4.78 is 3.45. The minimum atomic E-state index is 0.721. The Morgan fingerprint density at radius 3 is 2.42 bits per heavy atom. The molecule has 4 rings (SSSR count). The van der Waals surface area contributed by atoms with Gasteiger partial charge in [0, 0.05) is 38.4 Å². The normalized spacial score (nSPS) is 11.2. The lowest BCUT2D eigenvalue weighted by Gasteiger charge is -2.08. The molecule has 0 radical (unpaired) electrons. The fraction of sp³-hybridized carbons (Fsp3) is 0.0952. The molecule has 0 aliphatic heterocycles. The van der Waals surface area contributed by atoms with E-state index in [0.717, 1.165) is 34.7 Å². The lowest BCUT2D eigenvalue weighted by molar-refractivity contribution is 0.112. The highest BCUT2D eigenvalue weighted by Gasteiger charge is 2.10. The van der Waals surface area contributed by atoms with Crippen LogP contribution in [-0.2, 0) is 13.0 Å². The summed E-state index contributed by atoms with van der Waals surface area (Å²) in [4.78, 5) is 11.1. The van der Waals surface area contributed by atoms with E-state index >= 15 is 0 Å². The van der Waals surface area contributed by atoms with Crippen LogP contribution in [0.15, 0.2) is 71.2 Å². The Labute approximate surface area is 148 Å². The number of nitrogens with zero attached hydrogens (tertiary/aromatic N) is 1. The van der Waals surface area contributed by atoms with E-state index in [2.05, 4.69) is 75.1 Å². The third kappa shape index (κ3) is 2.65. The van der Waals surface area contributed by atoms with Crippen molar-refractivity contribution >= 4 is 44.0 Å². The first-order valence-corrected chi connectivity index (χ1v) is 8.76. The molecule has 0 unspecified atom stereocenters. The fourth-order valence-corrected chi connectivity index (χ4v) is 3.54. The molecular weight excluding hydrogens is 362 g/mol. The Bertz CT molecular complexity index is 1030. The zero-order valence-electron chi connectivity index (χ0n) is 13.1. The van der Waals surface area contributed by atoms with E-state index in [1.165, 1.54) is 22.0 Å². The highest BCUT2D eigenvalue weighted by molar-refractivity contribution is 9.10. The van der Waals surface area contributed by atoms with Gasteiger partial charge >= 0.3 is 0 Å². The summed E-state index contributed by atoms with van der Waals surface area (Å²) in [5, 5.41) is 2.35. The van der Waals surface area contributed by atoms with Gasteiger partial charge in [0.1, 0.15) is 6.29 Å². The van der Waals surface area contributed by atoms with Crippen LogP contribution in [0, 0.1) is 0 Å². The summed E-state index contributed by atoms with van der Waals surface area (Å²) in [6, 6.07) is 22.8. The number of benzene rings is 3. The number of aldehydes is 1. The van der Waals surface area contributed by atoms with E-state index in [4.69, 9.17) is 0 Å². The smallest absolute Gasteiger partial charge is 0.150 e. The summed E-state index contributed by atoms with van der Waals surface area (Å²) in [5.41, 5.74) is 4.43. The molecule has 1 heterocycles. The number of fused-ring (bicyclic) bond motifs is 3. The third-order valence-electron chi connectivity index (χ3n) is 4.47. The number of hydrogen-bond acceptors (Lipinski definition) is 1. The second-order valence-electron chi connectivity index (χ2n) is 5.94. The van der Waals surface area contributed by atoms with Crippen LogP contribution in [0.4, 0.5) is 0 Å². The van der Waals surface area contributed by atoms with Crippen molar-refractivity contribution in [3.05, 3.63) is 82.3 Å². The first kappa shape index (κ1) is 15.2. The summed E-state index contributed by atoms with van der Waals surface area (Å²) in [6.45, 7) is 0.909. The lowest BCUT2D eigenvalue weighted by Crippen LogP contribution is -2.01. The molecular formula is C21H16BrNO. The minimum Gasteiger partial charge on any atom is -0.340 e. The summed E-state index contributed by atoms with van der Waals surface area (Å²) in [5.74, 6) is 0. The maximum absolute atomic E-state index is 11.1. The maximum atomic E-state index is 11.1. The van der Waals surface area contributed by atoms with Crippen molar-refractivity contribution in [2.24, 2.45) is 0 Å². The highest BCUT2D eigenvalue weighted by atomic mass is 79.9. The van der Waals surface area contributed by atoms with Gasteiger partial charge in [-0.1, -0.05) is 46.3 Å². The number of aryl methyl sites for hydroxylation is 2. The highest BCUT2D eigenvalue weighted by Crippen LogP contribution is 2.29. The third-order valence-corrected chi connectivity index (χ3v) is 5.00. The molecule has 2 nitrogen and oxygen atoms in total. The van der Waals surface area contributed by atoms with Gasteiger partial charge in [-0.2, -0.15) is 0 Å². The Morgan fingerprint density at radius 2 is 1.62 bits per heavy atom. The van der Waals surface area contributed by atoms with E-state index in [-0.39, 0.29) is 0 Å². The van der Waals surface area contributed by atoms with Gasteiger partial charge in [0.15, 0.2) is 0 Å². The Morgan fingerprint density at radius 1 is 0.875 bits per heavy atom. The molecule has 3 aromatic carbocycles. The average Bonchev–Trinajstić information content (AvgIpc) is 2.94. The number of hydrogen-bond donors (Lipinski definition) is 0. The molecule has 0 aliphatic rings. The van der Waals surface area contributed by atoms with Crippen molar-refractivity contribution < 1.29 is 4.79 Å². The molecule has 0 N–H and O–H groups in total. The summed E-state index contributed by atoms with van der Waals surface area (Å²) in [7, 11) is 0. The van der Waals surface area contributed by atoms with E-state index in [9.17, 15) is 4.79 Å². The van der Waals surface area contributed by atoms with Gasteiger partial charge in [-0.05, 0) is 48.4 Å². The van der Waals surface area contributed by atoms with Crippen molar-refractivity contribution in [3.8, 4) is 0 Å². The number of para-hydroxylation sites is 1. The van der Waals surface area contributed by atoms with Crippen molar-refractivity contribution in [3.63, 3.8) is 0 Å².